The van der Waals surface area contributed by atoms with E-state index < -0.39 is 21.9 Å². The van der Waals surface area contributed by atoms with Gasteiger partial charge in [0.1, 0.15) is 17.1 Å². The molecule has 0 saturated heterocycles. The van der Waals surface area contributed by atoms with E-state index in [1.807, 2.05) is 30.7 Å². The van der Waals surface area contributed by atoms with Crippen LogP contribution in [0.25, 0.3) is 10.9 Å². The molecule has 0 fully saturated rings. The Hall–Kier alpha value is -3.47. The van der Waals surface area contributed by atoms with Crippen LogP contribution in [-0.4, -0.2) is 41.6 Å². The molecule has 1 amide bonds. The van der Waals surface area contributed by atoms with Crippen molar-refractivity contribution in [3.63, 3.8) is 0 Å². The number of carbonyl (C=O) groups excluding carboxylic acids is 1. The number of hydrogen-bond acceptors (Lipinski definition) is 5. The van der Waals surface area contributed by atoms with Gasteiger partial charge in [0.05, 0.1) is 6.61 Å². The summed E-state index contributed by atoms with van der Waals surface area (Å²) in [6.45, 7) is 4.15. The molecule has 0 bridgehead atoms. The third-order valence-corrected chi connectivity index (χ3v) is 8.39. The number of rotatable bonds is 9. The van der Waals surface area contributed by atoms with Crippen molar-refractivity contribution in [2.24, 2.45) is 7.05 Å². The number of halogens is 2. The highest BCUT2D eigenvalue weighted by Gasteiger charge is 2.27. The van der Waals surface area contributed by atoms with Gasteiger partial charge in [-0.05, 0) is 79.8 Å². The summed E-state index contributed by atoms with van der Waals surface area (Å²) < 4.78 is 34.8. The number of sulfonamides is 1. The monoisotopic (exact) mass is 577 g/mol. The lowest BCUT2D eigenvalue weighted by molar-refractivity contribution is 0.0685. The van der Waals surface area contributed by atoms with Gasteiger partial charge < -0.3 is 19.4 Å². The molecule has 3 N–H and O–H groups in total. The van der Waals surface area contributed by atoms with Crippen molar-refractivity contribution in [1.29, 1.82) is 0 Å². The van der Waals surface area contributed by atoms with Crippen molar-refractivity contribution in [3.05, 3.63) is 80.6 Å². The average Bonchev–Trinajstić information content (AvgIpc) is 3.40. The maximum absolute atomic E-state index is 13.2. The third kappa shape index (κ3) is 5.52. The number of aromatic nitrogens is 2. The van der Waals surface area contributed by atoms with E-state index >= 15 is 0 Å². The summed E-state index contributed by atoms with van der Waals surface area (Å²) in [4.78, 5) is 27.5. The fourth-order valence-corrected chi connectivity index (χ4v) is 5.75. The zero-order chi connectivity index (χ0) is 27.8. The third-order valence-electron chi connectivity index (χ3n) is 6.14. The highest BCUT2D eigenvalue weighted by atomic mass is 35.5. The van der Waals surface area contributed by atoms with Gasteiger partial charge in [0.15, 0.2) is 5.03 Å². The molecule has 12 heteroatoms. The molecular formula is C26H25Cl2N3O6S. The van der Waals surface area contributed by atoms with Crippen LogP contribution in [0.5, 0.6) is 5.75 Å². The van der Waals surface area contributed by atoms with Gasteiger partial charge in [0.2, 0.25) is 0 Å². The van der Waals surface area contributed by atoms with Gasteiger partial charge >= 0.3 is 5.97 Å². The Morgan fingerprint density at radius 2 is 1.76 bits per heavy atom. The molecule has 0 spiro atoms. The predicted molar refractivity (Wildman–Crippen MR) is 145 cm³/mol. The van der Waals surface area contributed by atoms with Gasteiger partial charge in [-0.3, -0.25) is 4.79 Å². The van der Waals surface area contributed by atoms with Gasteiger partial charge in [-0.25, -0.2) is 9.52 Å². The van der Waals surface area contributed by atoms with E-state index in [4.69, 9.17) is 27.9 Å². The average molecular weight is 578 g/mol. The number of aromatic amines is 1. The van der Waals surface area contributed by atoms with Crippen LogP contribution in [0.15, 0.2) is 47.5 Å². The van der Waals surface area contributed by atoms with Crippen LogP contribution < -0.4 is 9.46 Å². The number of aryl methyl sites for hydroxylation is 3. The topological polar surface area (TPSA) is 130 Å². The first-order chi connectivity index (χ1) is 17.9. The Labute approximate surface area is 229 Å². The molecule has 0 radical (unpaired) electrons. The number of fused-ring (bicyclic) bond motifs is 1. The predicted octanol–water partition coefficient (Wildman–Crippen LogP) is 5.26. The number of ether oxygens (including phenoxy) is 1. The molecule has 0 saturated carbocycles. The molecule has 2 aromatic carbocycles. The minimum Gasteiger partial charge on any atom is -0.494 e. The van der Waals surface area contributed by atoms with Crippen molar-refractivity contribution >= 4 is 56.0 Å². The Balaban J connectivity index is 1.57. The minimum absolute atomic E-state index is 0.0664. The largest absolute Gasteiger partial charge is 0.494 e. The molecule has 2 aromatic heterocycles. The van der Waals surface area contributed by atoms with Gasteiger partial charge in [0.25, 0.3) is 15.9 Å². The van der Waals surface area contributed by atoms with E-state index in [0.29, 0.717) is 46.3 Å². The Morgan fingerprint density at radius 3 is 2.39 bits per heavy atom. The van der Waals surface area contributed by atoms with Gasteiger partial charge in [-0.15, -0.1) is 0 Å². The second kappa shape index (κ2) is 10.7. The lowest BCUT2D eigenvalue weighted by atomic mass is 10.1. The van der Waals surface area contributed by atoms with Crippen LogP contribution in [-0.2, 0) is 23.5 Å². The second-order valence-corrected chi connectivity index (χ2v) is 11.3. The maximum atomic E-state index is 13.2. The zero-order valence-electron chi connectivity index (χ0n) is 20.8. The molecule has 0 aliphatic rings. The molecule has 4 rings (SSSR count). The van der Waals surface area contributed by atoms with Crippen LogP contribution in [0.1, 0.15) is 44.1 Å². The molecule has 0 aliphatic heterocycles. The fourth-order valence-electron chi connectivity index (χ4n) is 4.31. The molecule has 9 nitrogen and oxygen atoms in total. The van der Waals surface area contributed by atoms with Crippen LogP contribution in [0, 0.1) is 13.8 Å². The number of amides is 1. The number of nitrogens with zero attached hydrogens (tertiary/aromatic N) is 1. The van der Waals surface area contributed by atoms with E-state index in [2.05, 4.69) is 4.98 Å². The summed E-state index contributed by atoms with van der Waals surface area (Å²) in [7, 11) is -3.07. The highest BCUT2D eigenvalue weighted by Crippen LogP contribution is 2.28. The maximum Gasteiger partial charge on any atom is 0.352 e. The van der Waals surface area contributed by atoms with Crippen molar-refractivity contribution < 1.29 is 27.9 Å². The first-order valence-corrected chi connectivity index (χ1v) is 13.8. The first kappa shape index (κ1) is 27.6. The summed E-state index contributed by atoms with van der Waals surface area (Å²) in [5.41, 5.74) is 2.83. The number of carbonyl (C=O) groups is 2. The standard InChI is InChI=1S/C26H25Cl2N3O6S/c1-14-11-17(12-15(2)23(14)28)37-10-4-5-19-18-7-6-16(27)13-20(18)29-24(19)25(32)30-38(35,36)22-9-8-21(26(33)34)31(22)3/h6-9,11-13,29H,4-5,10H2,1-3H3,(H,30,32)(H,33,34). The van der Waals surface area contributed by atoms with Gasteiger partial charge in [-0.2, -0.15) is 8.42 Å². The van der Waals surface area contributed by atoms with E-state index in [1.165, 1.54) is 7.05 Å². The molecule has 0 atom stereocenters. The van der Waals surface area contributed by atoms with Crippen molar-refractivity contribution in [2.75, 3.05) is 6.61 Å². The Bertz CT molecular complexity index is 1650. The Morgan fingerprint density at radius 1 is 1.08 bits per heavy atom. The SMILES string of the molecule is Cc1cc(OCCCc2c(C(=O)NS(=O)(=O)c3ccc(C(=O)O)n3C)[nH]c3cc(Cl)ccc23)cc(C)c1Cl. The molecule has 38 heavy (non-hydrogen) atoms. The molecule has 4 aromatic rings. The number of nitrogens with one attached hydrogen (secondary N) is 2. The summed E-state index contributed by atoms with van der Waals surface area (Å²) in [6, 6.07) is 11.1. The summed E-state index contributed by atoms with van der Waals surface area (Å²) in [5.74, 6) is -1.49. The number of carboxylic acids is 1. The minimum atomic E-state index is -4.37. The second-order valence-electron chi connectivity index (χ2n) is 8.85. The lowest BCUT2D eigenvalue weighted by Crippen LogP contribution is -2.32. The van der Waals surface area contributed by atoms with Crippen LogP contribution in [0.3, 0.4) is 0 Å². The van der Waals surface area contributed by atoms with E-state index in [0.717, 1.165) is 33.2 Å². The quantitative estimate of drug-likeness (QED) is 0.233. The van der Waals surface area contributed by atoms with Gasteiger partial charge in [0, 0.05) is 28.0 Å². The fraction of sp³-hybridized carbons (Fsp3) is 0.231. The van der Waals surface area contributed by atoms with E-state index in [-0.39, 0.29) is 16.4 Å². The van der Waals surface area contributed by atoms with Crippen LogP contribution >= 0.6 is 23.2 Å². The molecular weight excluding hydrogens is 553 g/mol. The van der Waals surface area contributed by atoms with Crippen molar-refractivity contribution in [2.45, 2.75) is 31.7 Å². The van der Waals surface area contributed by atoms with Crippen molar-refractivity contribution in [3.8, 4) is 5.75 Å². The normalized spacial score (nSPS) is 11.6. The number of carboxylic acid groups (broad SMARTS) is 1. The Kier molecular flexibility index (Phi) is 7.78. The number of H-pyrrole nitrogens is 1. The smallest absolute Gasteiger partial charge is 0.352 e. The molecule has 0 aliphatic carbocycles. The van der Waals surface area contributed by atoms with E-state index in [1.54, 1.807) is 18.2 Å². The van der Waals surface area contributed by atoms with Crippen LogP contribution in [0.2, 0.25) is 10.0 Å². The van der Waals surface area contributed by atoms with Crippen LogP contribution in [0.4, 0.5) is 0 Å². The zero-order valence-corrected chi connectivity index (χ0v) is 23.1. The summed E-state index contributed by atoms with van der Waals surface area (Å²) in [5, 5.41) is 10.7. The molecule has 0 unspecified atom stereocenters. The summed E-state index contributed by atoms with van der Waals surface area (Å²) in [6.07, 6.45) is 0.937. The number of hydrogen-bond donors (Lipinski definition) is 3. The number of aromatic carboxylic acids is 1. The highest BCUT2D eigenvalue weighted by molar-refractivity contribution is 7.90. The molecule has 2 heterocycles. The number of benzene rings is 2. The van der Waals surface area contributed by atoms with E-state index in [9.17, 15) is 23.1 Å². The molecule has 200 valence electrons. The summed E-state index contributed by atoms with van der Waals surface area (Å²) >= 11 is 12.4. The lowest BCUT2D eigenvalue weighted by Gasteiger charge is -2.11. The van der Waals surface area contributed by atoms with Gasteiger partial charge in [-0.1, -0.05) is 29.3 Å². The first-order valence-electron chi connectivity index (χ1n) is 11.5. The van der Waals surface area contributed by atoms with Crippen molar-refractivity contribution in [1.82, 2.24) is 14.3 Å².